The van der Waals surface area contributed by atoms with Gasteiger partial charge < -0.3 is 16.4 Å². The summed E-state index contributed by atoms with van der Waals surface area (Å²) in [4.78, 5) is 26.1. The molecule has 2 heterocycles. The Morgan fingerprint density at radius 3 is 2.28 bits per heavy atom. The second-order valence-corrected chi connectivity index (χ2v) is 11.7. The van der Waals surface area contributed by atoms with Crippen LogP contribution < -0.4 is 11.5 Å². The highest BCUT2D eigenvalue weighted by Crippen LogP contribution is 2.40. The number of hydrogen-bond acceptors (Lipinski definition) is 5. The van der Waals surface area contributed by atoms with Crippen LogP contribution in [0.25, 0.3) is 0 Å². The molecule has 2 aromatic rings. The number of fused-ring (bicyclic) bond motifs is 2. The average Bonchev–Trinajstić information content (AvgIpc) is 3.10. The van der Waals surface area contributed by atoms with E-state index >= 15 is 0 Å². The lowest BCUT2D eigenvalue weighted by Crippen LogP contribution is -2.50. The summed E-state index contributed by atoms with van der Waals surface area (Å²) < 4.78 is 66.3. The molecule has 2 aliphatic heterocycles. The van der Waals surface area contributed by atoms with Crippen LogP contribution in [-0.2, 0) is 21.1 Å². The van der Waals surface area contributed by atoms with Crippen molar-refractivity contribution in [2.24, 2.45) is 17.4 Å². The fourth-order valence-electron chi connectivity index (χ4n) is 5.43. The van der Waals surface area contributed by atoms with Crippen molar-refractivity contribution >= 4 is 21.7 Å². The number of amides is 2. The number of carbonyl (C=O) groups excluding carboxylic acids is 2. The van der Waals surface area contributed by atoms with Gasteiger partial charge in [-0.3, -0.25) is 9.59 Å². The van der Waals surface area contributed by atoms with E-state index in [1.807, 2.05) is 0 Å². The van der Waals surface area contributed by atoms with Crippen molar-refractivity contribution in [3.63, 3.8) is 0 Å². The topological polar surface area (TPSA) is 124 Å². The Morgan fingerprint density at radius 2 is 1.64 bits per heavy atom. The fourth-order valence-corrected chi connectivity index (χ4v) is 6.70. The number of carbonyl (C=O) groups is 2. The first kappa shape index (κ1) is 26.2. The molecule has 7 nitrogen and oxygen atoms in total. The normalized spacial score (nSPS) is 22.4. The van der Waals surface area contributed by atoms with Gasteiger partial charge in [-0.25, -0.2) is 21.6 Å². The summed E-state index contributed by atoms with van der Waals surface area (Å²) in [5.41, 5.74) is 11.6. The molecule has 0 saturated carbocycles. The maximum atomic E-state index is 14.1. The molecule has 4 N–H and O–H groups in total. The van der Waals surface area contributed by atoms with Gasteiger partial charge in [0.1, 0.15) is 5.82 Å². The maximum absolute atomic E-state index is 14.1. The van der Waals surface area contributed by atoms with Gasteiger partial charge >= 0.3 is 0 Å². The number of sulfone groups is 1. The molecule has 4 atom stereocenters. The molecular formula is C25H28F3N3O4S. The Bertz CT molecular complexity index is 1270. The SMILES string of the molecule is NC(=O)c1cccc(S(=O)(=O)CCC(=O)N2[C@@H]3CC[C@H]2C[C@H]([C@H](N)Cc2cc(F)c(F)cc2F)C3)c1. The van der Waals surface area contributed by atoms with Gasteiger partial charge in [0, 0.05) is 36.2 Å². The molecule has 194 valence electrons. The third-order valence-corrected chi connectivity index (χ3v) is 8.98. The zero-order valence-corrected chi connectivity index (χ0v) is 20.3. The zero-order valence-electron chi connectivity index (χ0n) is 19.5. The average molecular weight is 524 g/mol. The van der Waals surface area contributed by atoms with Crippen LogP contribution in [0.5, 0.6) is 0 Å². The molecule has 0 aliphatic carbocycles. The predicted octanol–water partition coefficient (Wildman–Crippen LogP) is 2.71. The lowest BCUT2D eigenvalue weighted by atomic mass is 9.82. The van der Waals surface area contributed by atoms with E-state index in [0.29, 0.717) is 18.9 Å². The van der Waals surface area contributed by atoms with Crippen LogP contribution in [0.3, 0.4) is 0 Å². The van der Waals surface area contributed by atoms with Crippen LogP contribution in [0.2, 0.25) is 0 Å². The minimum absolute atomic E-state index is 0.0119. The van der Waals surface area contributed by atoms with Crippen LogP contribution >= 0.6 is 0 Å². The molecule has 0 spiro atoms. The number of piperidine rings is 1. The summed E-state index contributed by atoms with van der Waals surface area (Å²) in [5.74, 6) is -4.68. The molecule has 2 aromatic carbocycles. The lowest BCUT2D eigenvalue weighted by Gasteiger charge is -2.41. The first-order valence-electron chi connectivity index (χ1n) is 11.8. The molecule has 0 radical (unpaired) electrons. The van der Waals surface area contributed by atoms with Gasteiger partial charge in [0.2, 0.25) is 11.8 Å². The summed E-state index contributed by atoms with van der Waals surface area (Å²) in [5, 5.41) is 0. The van der Waals surface area contributed by atoms with Gasteiger partial charge in [0.15, 0.2) is 21.5 Å². The number of nitrogens with two attached hydrogens (primary N) is 2. The van der Waals surface area contributed by atoms with Crippen molar-refractivity contribution in [1.29, 1.82) is 0 Å². The Labute approximate surface area is 207 Å². The summed E-state index contributed by atoms with van der Waals surface area (Å²) in [6, 6.07) is 6.04. The van der Waals surface area contributed by atoms with Crippen LogP contribution in [0.1, 0.15) is 48.0 Å². The highest BCUT2D eigenvalue weighted by atomic mass is 32.2. The number of primary amides is 1. The molecule has 2 fully saturated rings. The molecule has 0 unspecified atom stereocenters. The Kier molecular flexibility index (Phi) is 7.42. The number of benzene rings is 2. The fraction of sp³-hybridized carbons (Fsp3) is 0.440. The van der Waals surface area contributed by atoms with Crippen molar-refractivity contribution < 1.29 is 31.2 Å². The van der Waals surface area contributed by atoms with Crippen LogP contribution in [0.4, 0.5) is 13.2 Å². The van der Waals surface area contributed by atoms with E-state index in [9.17, 15) is 31.2 Å². The van der Waals surface area contributed by atoms with Gasteiger partial charge in [-0.1, -0.05) is 6.07 Å². The molecule has 4 rings (SSSR count). The lowest BCUT2D eigenvalue weighted by molar-refractivity contribution is -0.136. The number of hydrogen-bond donors (Lipinski definition) is 2. The van der Waals surface area contributed by atoms with E-state index in [4.69, 9.17) is 11.5 Å². The highest BCUT2D eigenvalue weighted by molar-refractivity contribution is 7.91. The van der Waals surface area contributed by atoms with E-state index in [-0.39, 0.29) is 52.8 Å². The second kappa shape index (κ2) is 10.2. The monoisotopic (exact) mass is 523 g/mol. The van der Waals surface area contributed by atoms with Crippen LogP contribution in [0.15, 0.2) is 41.3 Å². The predicted molar refractivity (Wildman–Crippen MR) is 126 cm³/mol. The van der Waals surface area contributed by atoms with Crippen molar-refractivity contribution in [3.05, 3.63) is 65.0 Å². The van der Waals surface area contributed by atoms with Gasteiger partial charge in [-0.2, -0.15) is 0 Å². The van der Waals surface area contributed by atoms with E-state index < -0.39 is 45.0 Å². The van der Waals surface area contributed by atoms with Gasteiger partial charge in [0.05, 0.1) is 10.6 Å². The van der Waals surface area contributed by atoms with Crippen molar-refractivity contribution in [2.45, 2.75) is 61.5 Å². The Balaban J connectivity index is 1.37. The first-order valence-corrected chi connectivity index (χ1v) is 13.4. The highest BCUT2D eigenvalue weighted by Gasteiger charge is 2.44. The second-order valence-electron chi connectivity index (χ2n) is 9.60. The van der Waals surface area contributed by atoms with Crippen LogP contribution in [-0.4, -0.2) is 49.0 Å². The quantitative estimate of drug-likeness (QED) is 0.515. The largest absolute Gasteiger partial charge is 0.366 e. The molecule has 2 bridgehead atoms. The summed E-state index contributed by atoms with van der Waals surface area (Å²) in [7, 11) is -3.80. The molecule has 2 saturated heterocycles. The molecule has 2 aliphatic rings. The molecule has 2 amide bonds. The van der Waals surface area contributed by atoms with Crippen LogP contribution in [0, 0.1) is 23.4 Å². The summed E-state index contributed by atoms with van der Waals surface area (Å²) in [6.45, 7) is 0. The van der Waals surface area contributed by atoms with Crippen molar-refractivity contribution in [3.8, 4) is 0 Å². The molecule has 0 aromatic heterocycles. The third kappa shape index (κ3) is 5.41. The maximum Gasteiger partial charge on any atom is 0.248 e. The van der Waals surface area contributed by atoms with Crippen molar-refractivity contribution in [1.82, 2.24) is 4.90 Å². The summed E-state index contributed by atoms with van der Waals surface area (Å²) in [6.07, 6.45) is 2.50. The van der Waals surface area contributed by atoms with Gasteiger partial charge in [-0.15, -0.1) is 0 Å². The molecular weight excluding hydrogens is 495 g/mol. The van der Waals surface area contributed by atoms with Gasteiger partial charge in [-0.05, 0) is 67.9 Å². The van der Waals surface area contributed by atoms with E-state index in [0.717, 1.165) is 18.9 Å². The Morgan fingerprint density at radius 1 is 1.00 bits per heavy atom. The summed E-state index contributed by atoms with van der Waals surface area (Å²) >= 11 is 0. The standard InChI is InChI=1S/C25H28F3N3O4S/c26-20-13-22(28)21(27)11-15(20)12-23(29)16-8-17-4-5-18(9-16)31(17)24(32)6-7-36(34,35)19-3-1-2-14(10-19)25(30)33/h1-3,10-11,13,16-18,23H,4-9,12,29H2,(H2,30,33)/t16-,17-,18+,23-/m1/s1. The number of rotatable bonds is 8. The van der Waals surface area contributed by atoms with Gasteiger partial charge in [0.25, 0.3) is 0 Å². The molecule has 11 heteroatoms. The number of halogens is 3. The van der Waals surface area contributed by atoms with Crippen molar-refractivity contribution in [2.75, 3.05) is 5.75 Å². The minimum Gasteiger partial charge on any atom is -0.366 e. The molecule has 36 heavy (non-hydrogen) atoms. The first-order chi connectivity index (χ1) is 17.0. The zero-order chi connectivity index (χ0) is 26.2. The number of nitrogens with zero attached hydrogens (tertiary/aromatic N) is 1. The van der Waals surface area contributed by atoms with E-state index in [2.05, 4.69) is 0 Å². The minimum atomic E-state index is -3.80. The van der Waals surface area contributed by atoms with E-state index in [1.165, 1.54) is 24.3 Å². The smallest absolute Gasteiger partial charge is 0.248 e. The van der Waals surface area contributed by atoms with E-state index in [1.54, 1.807) is 4.90 Å². The third-order valence-electron chi connectivity index (χ3n) is 7.27. The Hall–Kier alpha value is -2.92.